The van der Waals surface area contributed by atoms with E-state index in [4.69, 9.17) is 0 Å². The third-order valence-corrected chi connectivity index (χ3v) is 4.24. The maximum absolute atomic E-state index is 13.6. The molecule has 0 unspecified atom stereocenters. The molecule has 2 heteroatoms. The Morgan fingerprint density at radius 1 is 0.792 bits per heavy atom. The first-order valence-electron chi connectivity index (χ1n) is 7.93. The van der Waals surface area contributed by atoms with Crippen LogP contribution < -0.4 is 0 Å². The summed E-state index contributed by atoms with van der Waals surface area (Å²) in [4.78, 5) is 4.65. The van der Waals surface area contributed by atoms with Crippen LogP contribution in [0.2, 0.25) is 0 Å². The first-order chi connectivity index (χ1) is 11.7. The van der Waals surface area contributed by atoms with Crippen LogP contribution in [0.1, 0.15) is 5.56 Å². The molecule has 1 heterocycles. The van der Waals surface area contributed by atoms with Crippen molar-refractivity contribution >= 4 is 10.8 Å². The van der Waals surface area contributed by atoms with E-state index in [1.807, 2.05) is 24.3 Å². The molecule has 0 aliphatic heterocycles. The lowest BCUT2D eigenvalue weighted by Gasteiger charge is -2.13. The standard InChI is InChI=1S/C22H16FN/c1-15-7-9-16(10-8-15)21-20-12-11-19(23)13-18(20)14-24-22(21)17-5-3-2-4-6-17/h2-14H,1H3. The Kier molecular flexibility index (Phi) is 3.58. The molecule has 0 fully saturated rings. The number of aryl methyl sites for hydroxylation is 1. The molecule has 0 radical (unpaired) electrons. The van der Waals surface area contributed by atoms with Crippen molar-refractivity contribution in [3.63, 3.8) is 0 Å². The maximum Gasteiger partial charge on any atom is 0.123 e. The van der Waals surface area contributed by atoms with Gasteiger partial charge in [-0.05, 0) is 30.0 Å². The third kappa shape index (κ3) is 2.56. The van der Waals surface area contributed by atoms with Gasteiger partial charge >= 0.3 is 0 Å². The summed E-state index contributed by atoms with van der Waals surface area (Å²) in [6.07, 6.45) is 1.75. The number of hydrogen-bond acceptors (Lipinski definition) is 1. The van der Waals surface area contributed by atoms with Crippen molar-refractivity contribution in [2.45, 2.75) is 6.92 Å². The minimum atomic E-state index is -0.244. The zero-order valence-electron chi connectivity index (χ0n) is 13.3. The number of benzene rings is 3. The molecule has 0 N–H and O–H groups in total. The normalized spacial score (nSPS) is 10.9. The molecule has 3 aromatic carbocycles. The van der Waals surface area contributed by atoms with Gasteiger partial charge in [0, 0.05) is 22.7 Å². The summed E-state index contributed by atoms with van der Waals surface area (Å²) in [5.74, 6) is -0.244. The van der Waals surface area contributed by atoms with E-state index in [0.29, 0.717) is 0 Å². The highest BCUT2D eigenvalue weighted by Gasteiger charge is 2.13. The van der Waals surface area contributed by atoms with Gasteiger partial charge in [0.25, 0.3) is 0 Å². The predicted molar refractivity (Wildman–Crippen MR) is 97.3 cm³/mol. The fraction of sp³-hybridized carbons (Fsp3) is 0.0455. The van der Waals surface area contributed by atoms with Crippen LogP contribution in [0.25, 0.3) is 33.2 Å². The fourth-order valence-corrected chi connectivity index (χ4v) is 3.02. The molecule has 0 saturated heterocycles. The minimum Gasteiger partial charge on any atom is -0.255 e. The molecule has 1 nitrogen and oxygen atoms in total. The molecular formula is C22H16FN. The Labute approximate surface area is 140 Å². The minimum absolute atomic E-state index is 0.244. The molecule has 0 saturated carbocycles. The van der Waals surface area contributed by atoms with Gasteiger partial charge in [0.15, 0.2) is 0 Å². The van der Waals surface area contributed by atoms with E-state index >= 15 is 0 Å². The molecule has 0 aliphatic rings. The van der Waals surface area contributed by atoms with Crippen LogP contribution in [0, 0.1) is 12.7 Å². The quantitative estimate of drug-likeness (QED) is 0.441. The summed E-state index contributed by atoms with van der Waals surface area (Å²) in [6.45, 7) is 2.07. The Bertz CT molecular complexity index is 1010. The van der Waals surface area contributed by atoms with E-state index in [1.165, 1.54) is 17.7 Å². The summed E-state index contributed by atoms with van der Waals surface area (Å²) in [6, 6.07) is 23.4. The van der Waals surface area contributed by atoms with Gasteiger partial charge in [0.1, 0.15) is 5.82 Å². The SMILES string of the molecule is Cc1ccc(-c2c(-c3ccccc3)ncc3cc(F)ccc23)cc1. The number of aromatic nitrogens is 1. The van der Waals surface area contributed by atoms with E-state index in [1.54, 1.807) is 6.20 Å². The largest absolute Gasteiger partial charge is 0.255 e. The molecule has 4 rings (SSSR count). The van der Waals surface area contributed by atoms with E-state index in [9.17, 15) is 4.39 Å². The average Bonchev–Trinajstić information content (AvgIpc) is 2.62. The number of nitrogens with zero attached hydrogens (tertiary/aromatic N) is 1. The zero-order valence-corrected chi connectivity index (χ0v) is 13.3. The molecule has 1 aromatic heterocycles. The van der Waals surface area contributed by atoms with E-state index in [2.05, 4.69) is 48.3 Å². The van der Waals surface area contributed by atoms with Gasteiger partial charge in [-0.25, -0.2) is 4.39 Å². The highest BCUT2D eigenvalue weighted by Crippen LogP contribution is 2.36. The summed E-state index contributed by atoms with van der Waals surface area (Å²) in [5, 5.41) is 1.82. The Morgan fingerprint density at radius 3 is 2.29 bits per heavy atom. The number of pyridine rings is 1. The van der Waals surface area contributed by atoms with Gasteiger partial charge < -0.3 is 0 Å². The van der Waals surface area contributed by atoms with Crippen LogP contribution in [-0.4, -0.2) is 4.98 Å². The van der Waals surface area contributed by atoms with E-state index in [-0.39, 0.29) is 5.82 Å². The average molecular weight is 313 g/mol. The summed E-state index contributed by atoms with van der Waals surface area (Å²) < 4.78 is 13.6. The Hall–Kier alpha value is -3.00. The number of rotatable bonds is 2. The van der Waals surface area contributed by atoms with Crippen LogP contribution in [0.4, 0.5) is 4.39 Å². The third-order valence-electron chi connectivity index (χ3n) is 4.24. The van der Waals surface area contributed by atoms with Crippen molar-refractivity contribution in [2.24, 2.45) is 0 Å². The maximum atomic E-state index is 13.6. The second-order valence-corrected chi connectivity index (χ2v) is 5.95. The van der Waals surface area contributed by atoms with Crippen molar-refractivity contribution in [3.05, 3.63) is 90.4 Å². The molecule has 4 aromatic rings. The van der Waals surface area contributed by atoms with Crippen LogP contribution in [-0.2, 0) is 0 Å². The first kappa shape index (κ1) is 14.6. The summed E-state index contributed by atoms with van der Waals surface area (Å²) >= 11 is 0. The van der Waals surface area contributed by atoms with Crippen molar-refractivity contribution in [3.8, 4) is 22.4 Å². The first-order valence-corrected chi connectivity index (χ1v) is 7.93. The van der Waals surface area contributed by atoms with Gasteiger partial charge in [-0.2, -0.15) is 0 Å². The molecule has 0 spiro atoms. The van der Waals surface area contributed by atoms with Gasteiger partial charge in [-0.1, -0.05) is 66.2 Å². The zero-order chi connectivity index (χ0) is 16.5. The number of fused-ring (bicyclic) bond motifs is 1. The van der Waals surface area contributed by atoms with Crippen LogP contribution in [0.3, 0.4) is 0 Å². The lowest BCUT2D eigenvalue weighted by Crippen LogP contribution is -1.92. The smallest absolute Gasteiger partial charge is 0.123 e. The highest BCUT2D eigenvalue weighted by molar-refractivity contribution is 6.02. The van der Waals surface area contributed by atoms with Crippen LogP contribution in [0.15, 0.2) is 79.0 Å². The topological polar surface area (TPSA) is 12.9 Å². The molecule has 0 amide bonds. The summed E-state index contributed by atoms with van der Waals surface area (Å²) in [5.41, 5.74) is 5.31. The van der Waals surface area contributed by atoms with Crippen molar-refractivity contribution in [2.75, 3.05) is 0 Å². The number of hydrogen-bond donors (Lipinski definition) is 0. The van der Waals surface area contributed by atoms with Gasteiger partial charge in [0.05, 0.1) is 5.69 Å². The fourth-order valence-electron chi connectivity index (χ4n) is 3.02. The van der Waals surface area contributed by atoms with Crippen LogP contribution in [0.5, 0.6) is 0 Å². The van der Waals surface area contributed by atoms with E-state index < -0.39 is 0 Å². The summed E-state index contributed by atoms with van der Waals surface area (Å²) in [7, 11) is 0. The second-order valence-electron chi connectivity index (χ2n) is 5.95. The number of halogens is 1. The molecule has 0 aliphatic carbocycles. The lowest BCUT2D eigenvalue weighted by atomic mass is 9.94. The van der Waals surface area contributed by atoms with Gasteiger partial charge in [0.2, 0.25) is 0 Å². The van der Waals surface area contributed by atoms with Crippen LogP contribution >= 0.6 is 0 Å². The molecule has 24 heavy (non-hydrogen) atoms. The van der Waals surface area contributed by atoms with Gasteiger partial charge in [-0.3, -0.25) is 4.98 Å². The highest BCUT2D eigenvalue weighted by atomic mass is 19.1. The Balaban J connectivity index is 2.07. The van der Waals surface area contributed by atoms with Crippen molar-refractivity contribution in [1.82, 2.24) is 4.98 Å². The molecular weight excluding hydrogens is 297 g/mol. The lowest BCUT2D eigenvalue weighted by molar-refractivity contribution is 0.629. The van der Waals surface area contributed by atoms with Crippen molar-refractivity contribution < 1.29 is 4.39 Å². The van der Waals surface area contributed by atoms with Crippen molar-refractivity contribution in [1.29, 1.82) is 0 Å². The molecule has 116 valence electrons. The van der Waals surface area contributed by atoms with Gasteiger partial charge in [-0.15, -0.1) is 0 Å². The molecule has 0 atom stereocenters. The second kappa shape index (κ2) is 5.89. The monoisotopic (exact) mass is 313 g/mol. The predicted octanol–water partition coefficient (Wildman–Crippen LogP) is 6.02. The molecule has 0 bridgehead atoms. The Morgan fingerprint density at radius 2 is 1.54 bits per heavy atom. The van der Waals surface area contributed by atoms with E-state index in [0.717, 1.165) is 33.2 Å².